The Morgan fingerprint density at radius 3 is 2.83 bits per heavy atom. The highest BCUT2D eigenvalue weighted by Gasteiger charge is 2.82. The number of aromatic amines is 1. The molecule has 1 fully saturated rings. The van der Waals surface area contributed by atoms with Gasteiger partial charge in [-0.15, -0.1) is 0 Å². The molecule has 0 bridgehead atoms. The summed E-state index contributed by atoms with van der Waals surface area (Å²) in [5.41, 5.74) is 2.46. The Morgan fingerprint density at radius 1 is 1.27 bits per heavy atom. The highest BCUT2D eigenvalue weighted by molar-refractivity contribution is 5.89. The Balaban J connectivity index is 1.86. The van der Waals surface area contributed by atoms with Gasteiger partial charge in [0.1, 0.15) is 35.0 Å². The fourth-order valence-electron chi connectivity index (χ4n) is 5.78. The van der Waals surface area contributed by atoms with Crippen LogP contribution in [0, 0.1) is 18.6 Å². The zero-order chi connectivity index (χ0) is 21.0. The van der Waals surface area contributed by atoms with Crippen LogP contribution in [0.25, 0.3) is 22.5 Å². The molecule has 3 aromatic heterocycles. The average molecular weight is 407 g/mol. The van der Waals surface area contributed by atoms with Crippen molar-refractivity contribution >= 4 is 11.2 Å². The molecule has 1 N–H and O–H groups in total. The standard InChI is InChI=1S/C23H18F2N3O2/c1-4-23-14-10-13(24)11-15(25)17(14)16-9-12(2)5-7-28(16)22(23,3)18(23)20-27-8-6-26-19(27)21(29)30-20/h5-11H,4H2,1-3H3/q+1/p+1. The van der Waals surface area contributed by atoms with E-state index in [4.69, 9.17) is 4.42 Å². The lowest BCUT2D eigenvalue weighted by Gasteiger charge is -2.26. The van der Waals surface area contributed by atoms with E-state index in [0.717, 1.165) is 17.2 Å². The lowest BCUT2D eigenvalue weighted by atomic mass is 9.80. The fraction of sp³-hybridized carbons (Fsp3) is 0.261. The van der Waals surface area contributed by atoms with Crippen LogP contribution in [-0.2, 0) is 11.0 Å². The number of rotatable bonds is 1. The molecule has 6 rings (SSSR count). The van der Waals surface area contributed by atoms with Crippen molar-refractivity contribution in [1.82, 2.24) is 4.40 Å². The molecule has 1 saturated carbocycles. The van der Waals surface area contributed by atoms with Crippen molar-refractivity contribution in [2.75, 3.05) is 0 Å². The van der Waals surface area contributed by atoms with E-state index in [1.54, 1.807) is 16.8 Å². The van der Waals surface area contributed by atoms with Crippen LogP contribution in [-0.4, -0.2) is 4.40 Å². The van der Waals surface area contributed by atoms with Gasteiger partial charge in [-0.3, -0.25) is 0 Å². The summed E-state index contributed by atoms with van der Waals surface area (Å²) >= 11 is 0. The van der Waals surface area contributed by atoms with Crippen molar-refractivity contribution in [3.63, 3.8) is 0 Å². The molecule has 1 aliphatic carbocycles. The topological polar surface area (TPSA) is 52.6 Å². The maximum atomic E-state index is 15.2. The second-order valence-corrected chi connectivity index (χ2v) is 8.35. The number of halogens is 2. The third-order valence-corrected chi connectivity index (χ3v) is 7.08. The molecule has 1 aromatic carbocycles. The molecule has 0 saturated heterocycles. The van der Waals surface area contributed by atoms with Gasteiger partial charge >= 0.3 is 16.8 Å². The zero-order valence-electron chi connectivity index (χ0n) is 16.7. The number of H-pyrrole nitrogens is 1. The number of oxazole rings is 1. The smallest absolute Gasteiger partial charge is 0.380 e. The largest absolute Gasteiger partial charge is 0.430 e. The number of benzene rings is 1. The summed E-state index contributed by atoms with van der Waals surface area (Å²) in [6.45, 7) is 5.99. The van der Waals surface area contributed by atoms with E-state index in [2.05, 4.69) is 4.98 Å². The molecule has 2 atom stereocenters. The number of aryl methyl sites for hydroxylation is 1. The molecule has 0 radical (unpaired) electrons. The summed E-state index contributed by atoms with van der Waals surface area (Å²) in [6, 6.07) is 6.25. The summed E-state index contributed by atoms with van der Waals surface area (Å²) < 4.78 is 39.0. The summed E-state index contributed by atoms with van der Waals surface area (Å²) in [5.74, 6) is -1.20. The van der Waals surface area contributed by atoms with Crippen molar-refractivity contribution in [1.29, 1.82) is 0 Å². The van der Waals surface area contributed by atoms with E-state index in [1.165, 1.54) is 6.07 Å². The Kier molecular flexibility index (Phi) is 3.04. The number of aromatic nitrogens is 3. The molecule has 1 aliphatic heterocycles. The molecule has 0 spiro atoms. The van der Waals surface area contributed by atoms with Crippen LogP contribution in [0.5, 0.6) is 0 Å². The lowest BCUT2D eigenvalue weighted by molar-refractivity contribution is -0.725. The molecule has 2 aliphatic rings. The van der Waals surface area contributed by atoms with Gasteiger partial charge in [0.25, 0.3) is 0 Å². The minimum absolute atomic E-state index is 0.329. The number of nitrogens with zero attached hydrogens (tertiary/aromatic N) is 2. The minimum Gasteiger partial charge on any atom is -0.380 e. The van der Waals surface area contributed by atoms with Gasteiger partial charge in [0.2, 0.25) is 11.2 Å². The van der Waals surface area contributed by atoms with Crippen molar-refractivity contribution in [3.05, 3.63) is 81.6 Å². The third-order valence-electron chi connectivity index (χ3n) is 7.08. The average Bonchev–Trinajstić information content (AvgIpc) is 2.99. The monoisotopic (exact) mass is 407 g/mol. The number of pyridine rings is 1. The first-order valence-corrected chi connectivity index (χ1v) is 9.94. The van der Waals surface area contributed by atoms with Gasteiger partial charge in [-0.1, -0.05) is 6.92 Å². The Hall–Kier alpha value is -3.35. The van der Waals surface area contributed by atoms with Gasteiger partial charge in [0.15, 0.2) is 6.20 Å². The normalized spacial score (nSPS) is 25.8. The predicted molar refractivity (Wildman–Crippen MR) is 103 cm³/mol. The number of nitrogens with one attached hydrogen (secondary N) is 1. The predicted octanol–water partition coefficient (Wildman–Crippen LogP) is 2.21. The van der Waals surface area contributed by atoms with Gasteiger partial charge in [-0.25, -0.2) is 18.6 Å². The van der Waals surface area contributed by atoms with Gasteiger partial charge in [-0.05, 0) is 30.5 Å². The first-order valence-electron chi connectivity index (χ1n) is 9.94. The Labute approximate surface area is 169 Å². The molecule has 4 heterocycles. The fourth-order valence-corrected chi connectivity index (χ4v) is 5.78. The van der Waals surface area contributed by atoms with Crippen LogP contribution in [0.2, 0.25) is 0 Å². The first kappa shape index (κ1) is 17.5. The molecule has 0 amide bonds. The second-order valence-electron chi connectivity index (χ2n) is 8.35. The molecule has 5 nitrogen and oxygen atoms in total. The van der Waals surface area contributed by atoms with E-state index >= 15 is 4.39 Å². The molecule has 7 heteroatoms. The van der Waals surface area contributed by atoms with E-state index in [9.17, 15) is 9.18 Å². The van der Waals surface area contributed by atoms with Crippen molar-refractivity contribution in [3.8, 4) is 11.3 Å². The van der Waals surface area contributed by atoms with Gasteiger partial charge < -0.3 is 4.42 Å². The van der Waals surface area contributed by atoms with E-state index < -0.39 is 28.2 Å². The van der Waals surface area contributed by atoms with Gasteiger partial charge in [0.05, 0.1) is 5.56 Å². The summed E-state index contributed by atoms with van der Waals surface area (Å²) in [4.78, 5) is 15.3. The summed E-state index contributed by atoms with van der Waals surface area (Å²) in [7, 11) is 0. The van der Waals surface area contributed by atoms with Crippen LogP contribution in [0.1, 0.15) is 31.4 Å². The lowest BCUT2D eigenvalue weighted by Crippen LogP contribution is -2.53. The molecular weight excluding hydrogens is 388 g/mol. The molecule has 2 unspecified atom stereocenters. The van der Waals surface area contributed by atoms with Gasteiger partial charge in [0, 0.05) is 25.1 Å². The summed E-state index contributed by atoms with van der Waals surface area (Å²) in [5, 5.41) is 0. The van der Waals surface area contributed by atoms with Crippen LogP contribution in [0.15, 0.2) is 52.1 Å². The molecule has 150 valence electrons. The minimum atomic E-state index is -0.695. The Morgan fingerprint density at radius 2 is 2.07 bits per heavy atom. The number of fused-ring (bicyclic) bond motifs is 7. The van der Waals surface area contributed by atoms with E-state index in [-0.39, 0.29) is 0 Å². The maximum absolute atomic E-state index is 15.2. The van der Waals surface area contributed by atoms with Crippen molar-refractivity contribution < 1.29 is 22.7 Å². The SMILES string of the molecule is CCC12C(=c3oc(=O)c4[nH+]ccn34)C1(C)[n+]1ccc(C)cc1-c1c(F)cc(F)cc12. The number of imidazole rings is 1. The van der Waals surface area contributed by atoms with Crippen LogP contribution < -0.4 is 20.7 Å². The maximum Gasteiger partial charge on any atom is 0.430 e. The van der Waals surface area contributed by atoms with Crippen molar-refractivity contribution in [2.24, 2.45) is 0 Å². The molecular formula is C23H19F2N3O2+2. The zero-order valence-corrected chi connectivity index (χ0v) is 16.7. The van der Waals surface area contributed by atoms with E-state index in [1.807, 2.05) is 43.7 Å². The number of hydrogen-bond acceptors (Lipinski definition) is 2. The van der Waals surface area contributed by atoms with Crippen LogP contribution in [0.4, 0.5) is 8.78 Å². The quantitative estimate of drug-likeness (QED) is 0.455. The van der Waals surface area contributed by atoms with Crippen LogP contribution >= 0.6 is 0 Å². The van der Waals surface area contributed by atoms with Crippen molar-refractivity contribution in [2.45, 2.75) is 38.1 Å². The Bertz CT molecular complexity index is 1520. The summed E-state index contributed by atoms with van der Waals surface area (Å²) in [6.07, 6.45) is 5.93. The first-order chi connectivity index (χ1) is 14.3. The molecule has 30 heavy (non-hydrogen) atoms. The number of hydrogen-bond donors (Lipinski definition) is 0. The van der Waals surface area contributed by atoms with E-state index in [0.29, 0.717) is 34.4 Å². The van der Waals surface area contributed by atoms with Gasteiger partial charge in [-0.2, -0.15) is 8.97 Å². The second kappa shape index (κ2) is 5.22. The highest BCUT2D eigenvalue weighted by Crippen LogP contribution is 2.71. The van der Waals surface area contributed by atoms with Crippen LogP contribution in [0.3, 0.4) is 0 Å². The highest BCUT2D eigenvalue weighted by atomic mass is 19.1. The molecule has 4 aromatic rings. The third kappa shape index (κ3) is 1.72.